The summed E-state index contributed by atoms with van der Waals surface area (Å²) in [4.78, 5) is 21.5. The number of hydrogen-bond acceptors (Lipinski definition) is 6. The third kappa shape index (κ3) is 7.39. The van der Waals surface area contributed by atoms with Crippen LogP contribution in [0.15, 0.2) is 22.9 Å². The fraction of sp³-hybridized carbons (Fsp3) is 0.444. The molecule has 0 spiro atoms. The third-order valence-electron chi connectivity index (χ3n) is 3.33. The van der Waals surface area contributed by atoms with Gasteiger partial charge in [-0.15, -0.1) is 22.7 Å². The van der Waals surface area contributed by atoms with Crippen molar-refractivity contribution in [2.45, 2.75) is 52.4 Å². The zero-order chi connectivity index (χ0) is 18.7. The molecule has 0 bridgehead atoms. The summed E-state index contributed by atoms with van der Waals surface area (Å²) < 4.78 is 0. The van der Waals surface area contributed by atoms with Crippen molar-refractivity contribution in [3.8, 4) is 0 Å². The molecule has 0 aromatic carbocycles. The summed E-state index contributed by atoms with van der Waals surface area (Å²) in [5, 5.41) is 24.6. The standard InChI is InChI=1S/2C9H12O2S.Zn/c2*1-9(2,3)6-4-7(8(10)11)12-5-6;/h2*4-5H,1-3H3,(H,10,11);/q;;+2/p-2. The Bertz CT molecular complexity index is 656. The summed E-state index contributed by atoms with van der Waals surface area (Å²) in [5.74, 6) is -2.17. The van der Waals surface area contributed by atoms with Gasteiger partial charge in [0.2, 0.25) is 0 Å². The number of carboxylic acid groups (broad SMARTS) is 2. The molecule has 0 saturated heterocycles. The quantitative estimate of drug-likeness (QED) is 0.685. The van der Waals surface area contributed by atoms with Gasteiger partial charge in [0.05, 0.1) is 21.7 Å². The van der Waals surface area contributed by atoms with E-state index in [1.54, 1.807) is 12.1 Å². The molecule has 2 aromatic rings. The molecule has 132 valence electrons. The van der Waals surface area contributed by atoms with E-state index in [0.717, 1.165) is 11.1 Å². The number of thiophene rings is 2. The van der Waals surface area contributed by atoms with Crippen LogP contribution in [0.1, 0.15) is 72.0 Å². The van der Waals surface area contributed by atoms with Crippen molar-refractivity contribution in [3.63, 3.8) is 0 Å². The van der Waals surface area contributed by atoms with Crippen LogP contribution in [0.2, 0.25) is 0 Å². The topological polar surface area (TPSA) is 80.3 Å². The van der Waals surface area contributed by atoms with Gasteiger partial charge in [-0.05, 0) is 44.8 Å². The maximum absolute atomic E-state index is 10.4. The minimum atomic E-state index is -1.09. The first-order valence-electron chi connectivity index (χ1n) is 7.43. The Morgan fingerprint density at radius 3 is 1.16 bits per heavy atom. The number of carbonyl (C=O) groups is 2. The average molecular weight is 432 g/mol. The van der Waals surface area contributed by atoms with Crippen molar-refractivity contribution in [2.75, 3.05) is 0 Å². The van der Waals surface area contributed by atoms with Gasteiger partial charge in [0, 0.05) is 0 Å². The van der Waals surface area contributed by atoms with E-state index in [9.17, 15) is 19.8 Å². The first kappa shape index (κ1) is 24.0. The van der Waals surface area contributed by atoms with Crippen LogP contribution in [-0.4, -0.2) is 11.9 Å². The second kappa shape index (κ2) is 9.06. The summed E-state index contributed by atoms with van der Waals surface area (Å²) in [6.45, 7) is 12.3. The predicted molar refractivity (Wildman–Crippen MR) is 94.7 cm³/mol. The van der Waals surface area contributed by atoms with Crippen molar-refractivity contribution in [3.05, 3.63) is 43.8 Å². The smallest absolute Gasteiger partial charge is 0.544 e. The van der Waals surface area contributed by atoms with Gasteiger partial charge >= 0.3 is 19.5 Å². The molecule has 7 heteroatoms. The molecule has 2 aromatic heterocycles. The number of carboxylic acids is 2. The van der Waals surface area contributed by atoms with Gasteiger partial charge in [-0.2, -0.15) is 0 Å². The normalized spacial score (nSPS) is 11.1. The zero-order valence-electron chi connectivity index (χ0n) is 15.5. The SMILES string of the molecule is CC(C)(C)c1csc(C(=O)[O-])c1.CC(C)(C)c1csc(C(=O)[O-])c1.[Zn+2]. The van der Waals surface area contributed by atoms with E-state index < -0.39 is 11.9 Å². The van der Waals surface area contributed by atoms with Gasteiger partial charge in [-0.3, -0.25) is 0 Å². The minimum absolute atomic E-state index is 0. The molecule has 0 saturated carbocycles. The molecule has 0 N–H and O–H groups in total. The van der Waals surface area contributed by atoms with E-state index >= 15 is 0 Å². The first-order valence-corrected chi connectivity index (χ1v) is 9.19. The van der Waals surface area contributed by atoms with E-state index in [0.29, 0.717) is 9.75 Å². The number of rotatable bonds is 2. The molecule has 0 amide bonds. The van der Waals surface area contributed by atoms with Crippen LogP contribution >= 0.6 is 22.7 Å². The van der Waals surface area contributed by atoms with Gasteiger partial charge in [-0.1, -0.05) is 41.5 Å². The zero-order valence-corrected chi connectivity index (χ0v) is 20.1. The van der Waals surface area contributed by atoms with E-state index in [1.165, 1.54) is 22.7 Å². The van der Waals surface area contributed by atoms with Crippen molar-refractivity contribution in [1.29, 1.82) is 0 Å². The molecule has 2 rings (SSSR count). The van der Waals surface area contributed by atoms with Gasteiger partial charge in [0.25, 0.3) is 0 Å². The summed E-state index contributed by atoms with van der Waals surface area (Å²) >= 11 is 2.44. The van der Waals surface area contributed by atoms with Crippen LogP contribution in [0.5, 0.6) is 0 Å². The van der Waals surface area contributed by atoms with Crippen molar-refractivity contribution >= 4 is 34.6 Å². The molecule has 0 radical (unpaired) electrons. The number of hydrogen-bond donors (Lipinski definition) is 0. The van der Waals surface area contributed by atoms with E-state index in [4.69, 9.17) is 0 Å². The Morgan fingerprint density at radius 1 is 0.760 bits per heavy atom. The molecule has 4 nitrogen and oxygen atoms in total. The molecule has 0 aliphatic rings. The van der Waals surface area contributed by atoms with Crippen LogP contribution in [-0.2, 0) is 30.3 Å². The Balaban J connectivity index is 0.000000443. The van der Waals surface area contributed by atoms with Gasteiger partial charge < -0.3 is 19.8 Å². The molecule has 2 heterocycles. The second-order valence-electron chi connectivity index (χ2n) is 7.47. The van der Waals surface area contributed by atoms with Crippen LogP contribution in [0.4, 0.5) is 0 Å². The molecule has 0 aliphatic heterocycles. The van der Waals surface area contributed by atoms with E-state index in [1.807, 2.05) is 52.3 Å². The van der Waals surface area contributed by atoms with Gasteiger partial charge in [-0.25, -0.2) is 0 Å². The summed E-state index contributed by atoms with van der Waals surface area (Å²) in [5.41, 5.74) is 2.13. The maximum atomic E-state index is 10.4. The second-order valence-corrected chi connectivity index (χ2v) is 9.30. The Morgan fingerprint density at radius 2 is 1.04 bits per heavy atom. The molecule has 25 heavy (non-hydrogen) atoms. The summed E-state index contributed by atoms with van der Waals surface area (Å²) in [6, 6.07) is 3.36. The van der Waals surface area contributed by atoms with Gasteiger partial charge in [0.1, 0.15) is 0 Å². The minimum Gasteiger partial charge on any atom is -0.544 e. The van der Waals surface area contributed by atoms with Crippen molar-refractivity contribution in [2.24, 2.45) is 0 Å². The third-order valence-corrected chi connectivity index (χ3v) is 5.15. The van der Waals surface area contributed by atoms with Gasteiger partial charge in [0.15, 0.2) is 0 Å². The molecule has 0 aliphatic carbocycles. The predicted octanol–water partition coefficient (Wildman–Crippen LogP) is 2.82. The van der Waals surface area contributed by atoms with Crippen LogP contribution < -0.4 is 10.2 Å². The monoisotopic (exact) mass is 430 g/mol. The molecular weight excluding hydrogens is 410 g/mol. The van der Waals surface area contributed by atoms with Crippen LogP contribution in [0, 0.1) is 0 Å². The van der Waals surface area contributed by atoms with E-state index in [-0.39, 0.29) is 30.3 Å². The summed E-state index contributed by atoms with van der Waals surface area (Å²) in [6.07, 6.45) is 0. The Hall–Kier alpha value is -1.04. The largest absolute Gasteiger partial charge is 2.00 e. The van der Waals surface area contributed by atoms with Crippen molar-refractivity contribution < 1.29 is 39.3 Å². The van der Waals surface area contributed by atoms with E-state index in [2.05, 4.69) is 0 Å². The maximum Gasteiger partial charge on any atom is 2.00 e. The molecule has 0 atom stereocenters. The molecule has 0 unspecified atom stereocenters. The van der Waals surface area contributed by atoms with Crippen molar-refractivity contribution in [1.82, 2.24) is 0 Å². The van der Waals surface area contributed by atoms with Crippen LogP contribution in [0.25, 0.3) is 0 Å². The number of carbonyl (C=O) groups excluding carboxylic acids is 2. The fourth-order valence-corrected chi connectivity index (χ4v) is 3.61. The van der Waals surface area contributed by atoms with Crippen LogP contribution in [0.3, 0.4) is 0 Å². The summed E-state index contributed by atoms with van der Waals surface area (Å²) in [7, 11) is 0. The Kier molecular flexibility index (Phi) is 8.69. The molecular formula is C18H22O4S2Zn. The number of aromatic carboxylic acids is 2. The molecule has 0 fully saturated rings. The first-order chi connectivity index (χ1) is 10.8. The fourth-order valence-electron chi connectivity index (χ4n) is 1.67. The average Bonchev–Trinajstić information content (AvgIpc) is 3.08. The Labute approximate surface area is 169 Å².